The van der Waals surface area contributed by atoms with Crippen LogP contribution in [0.1, 0.15) is 16.1 Å². The number of amides is 1. The van der Waals surface area contributed by atoms with Gasteiger partial charge in [-0.2, -0.15) is 5.10 Å². The molecular weight excluding hydrogens is 388 g/mol. The quantitative estimate of drug-likeness (QED) is 0.681. The number of hydrogen-bond donors (Lipinski definition) is 2. The third-order valence-electron chi connectivity index (χ3n) is 7.18. The van der Waals surface area contributed by atoms with Crippen molar-refractivity contribution in [2.75, 3.05) is 39.3 Å². The Bertz CT molecular complexity index is 1070. The van der Waals surface area contributed by atoms with Crippen LogP contribution in [0.5, 0.6) is 0 Å². The zero-order valence-electron chi connectivity index (χ0n) is 17.4. The fourth-order valence-electron chi connectivity index (χ4n) is 5.87. The lowest BCUT2D eigenvalue weighted by Crippen LogP contribution is -2.70. The van der Waals surface area contributed by atoms with E-state index < -0.39 is 0 Å². The van der Waals surface area contributed by atoms with Crippen molar-refractivity contribution in [2.24, 2.45) is 5.92 Å². The van der Waals surface area contributed by atoms with E-state index in [1.54, 1.807) is 12.3 Å². The van der Waals surface area contributed by atoms with Crippen LogP contribution >= 0.6 is 0 Å². The van der Waals surface area contributed by atoms with E-state index in [1.165, 1.54) is 5.56 Å². The number of fused-ring (bicyclic) bond motifs is 1. The number of carbonyl (C=O) groups excluding carboxylic acids is 1. The van der Waals surface area contributed by atoms with Gasteiger partial charge in [0.15, 0.2) is 0 Å². The average molecular weight is 415 g/mol. The number of aromatic amines is 1. The number of nitrogens with zero attached hydrogens (tertiary/aromatic N) is 4. The molecule has 7 heteroatoms. The highest BCUT2D eigenvalue weighted by Crippen LogP contribution is 2.43. The maximum atomic E-state index is 13.3. The molecule has 7 nitrogen and oxygen atoms in total. The lowest BCUT2D eigenvalue weighted by atomic mass is 9.64. The van der Waals surface area contributed by atoms with Crippen LogP contribution in [0.4, 0.5) is 0 Å². The molecule has 3 aromatic rings. The van der Waals surface area contributed by atoms with Crippen LogP contribution in [0.15, 0.2) is 60.8 Å². The minimum atomic E-state index is -0.0988. The summed E-state index contributed by atoms with van der Waals surface area (Å²) in [4.78, 5) is 22.8. The van der Waals surface area contributed by atoms with Crippen LogP contribution in [0.25, 0.3) is 11.4 Å². The summed E-state index contributed by atoms with van der Waals surface area (Å²) in [6.45, 7) is 6.27. The summed E-state index contributed by atoms with van der Waals surface area (Å²) in [5.41, 5.74) is 3.14. The zero-order valence-corrected chi connectivity index (χ0v) is 17.4. The summed E-state index contributed by atoms with van der Waals surface area (Å²) < 4.78 is 0. The Morgan fingerprint density at radius 1 is 1.00 bits per heavy atom. The number of aromatic nitrogens is 3. The van der Waals surface area contributed by atoms with Gasteiger partial charge < -0.3 is 15.1 Å². The predicted molar refractivity (Wildman–Crippen MR) is 118 cm³/mol. The molecule has 31 heavy (non-hydrogen) atoms. The number of pyridine rings is 1. The topological polar surface area (TPSA) is 77.2 Å². The maximum Gasteiger partial charge on any atom is 0.269 e. The molecule has 4 bridgehead atoms. The van der Waals surface area contributed by atoms with Gasteiger partial charge in [-0.3, -0.25) is 14.9 Å². The largest absolute Gasteiger partial charge is 0.347 e. The molecule has 0 radical (unpaired) electrons. The molecule has 158 valence electrons. The van der Waals surface area contributed by atoms with Crippen LogP contribution in [-0.2, 0) is 5.41 Å². The SMILES string of the molecule is O=C(N[C@H]1C2CN3CCN(C2)CC1(c1ccccc1)C3)c1cc(-c2ccccn2)n[nH]1. The molecule has 4 saturated heterocycles. The third kappa shape index (κ3) is 3.16. The Kier molecular flexibility index (Phi) is 4.40. The van der Waals surface area contributed by atoms with Crippen molar-refractivity contribution >= 4 is 5.91 Å². The molecule has 2 unspecified atom stereocenters. The van der Waals surface area contributed by atoms with Crippen molar-refractivity contribution in [3.63, 3.8) is 0 Å². The van der Waals surface area contributed by atoms with E-state index in [-0.39, 0.29) is 17.4 Å². The highest BCUT2D eigenvalue weighted by atomic mass is 16.2. The number of carbonyl (C=O) groups is 1. The number of nitrogens with one attached hydrogen (secondary N) is 2. The second-order valence-electron chi connectivity index (χ2n) is 9.09. The van der Waals surface area contributed by atoms with E-state index in [2.05, 4.69) is 60.6 Å². The van der Waals surface area contributed by atoms with Crippen molar-refractivity contribution < 1.29 is 4.79 Å². The van der Waals surface area contributed by atoms with Gasteiger partial charge in [0.25, 0.3) is 5.91 Å². The van der Waals surface area contributed by atoms with E-state index >= 15 is 0 Å². The first kappa shape index (κ1) is 18.7. The normalized spacial score (nSPS) is 31.4. The molecule has 0 aliphatic carbocycles. The van der Waals surface area contributed by atoms with Crippen LogP contribution in [-0.4, -0.2) is 76.2 Å². The first-order chi connectivity index (χ1) is 15.2. The summed E-state index contributed by atoms with van der Waals surface area (Å²) in [5.74, 6) is 0.318. The number of piperidine rings is 2. The minimum absolute atomic E-state index is 0.0915. The fraction of sp³-hybridized carbons (Fsp3) is 0.375. The zero-order chi connectivity index (χ0) is 20.8. The Hall–Kier alpha value is -3.03. The molecule has 4 aliphatic heterocycles. The fourth-order valence-corrected chi connectivity index (χ4v) is 5.87. The Morgan fingerprint density at radius 2 is 1.74 bits per heavy atom. The van der Waals surface area contributed by atoms with Gasteiger partial charge >= 0.3 is 0 Å². The predicted octanol–water partition coefficient (Wildman–Crippen LogP) is 1.77. The van der Waals surface area contributed by atoms with Crippen molar-refractivity contribution in [1.29, 1.82) is 0 Å². The number of hydrogen-bond acceptors (Lipinski definition) is 5. The van der Waals surface area contributed by atoms with Crippen LogP contribution in [0.3, 0.4) is 0 Å². The Morgan fingerprint density at radius 3 is 2.45 bits per heavy atom. The summed E-state index contributed by atoms with van der Waals surface area (Å²) in [6.07, 6.45) is 1.73. The average Bonchev–Trinajstić information content (AvgIpc) is 3.17. The molecule has 2 N–H and O–H groups in total. The molecular formula is C24H26N6O. The molecule has 3 atom stereocenters. The molecule has 2 aromatic heterocycles. The molecule has 0 saturated carbocycles. The minimum Gasteiger partial charge on any atom is -0.347 e. The second-order valence-corrected chi connectivity index (χ2v) is 9.09. The lowest BCUT2D eigenvalue weighted by molar-refractivity contribution is 0.0179. The highest BCUT2D eigenvalue weighted by molar-refractivity contribution is 5.93. The highest BCUT2D eigenvalue weighted by Gasteiger charge is 2.55. The maximum absolute atomic E-state index is 13.3. The molecule has 1 amide bonds. The first-order valence-electron chi connectivity index (χ1n) is 11.0. The van der Waals surface area contributed by atoms with Gasteiger partial charge in [0.05, 0.1) is 5.69 Å². The van der Waals surface area contributed by atoms with Gasteiger partial charge in [0, 0.05) is 62.8 Å². The molecule has 0 spiro atoms. The summed E-state index contributed by atoms with van der Waals surface area (Å²) in [7, 11) is 0. The second kappa shape index (κ2) is 7.28. The van der Waals surface area contributed by atoms with Crippen molar-refractivity contribution in [1.82, 2.24) is 30.3 Å². The number of rotatable bonds is 4. The third-order valence-corrected chi connectivity index (χ3v) is 7.18. The van der Waals surface area contributed by atoms with Gasteiger partial charge in [0.2, 0.25) is 0 Å². The van der Waals surface area contributed by atoms with Gasteiger partial charge in [-0.25, -0.2) is 0 Å². The van der Waals surface area contributed by atoms with Gasteiger partial charge in [-0.05, 0) is 23.8 Å². The van der Waals surface area contributed by atoms with E-state index in [9.17, 15) is 4.79 Å². The molecule has 4 aliphatic rings. The smallest absolute Gasteiger partial charge is 0.269 e. The molecule has 7 rings (SSSR count). The first-order valence-corrected chi connectivity index (χ1v) is 11.0. The van der Waals surface area contributed by atoms with E-state index in [4.69, 9.17) is 0 Å². The Balaban J connectivity index is 1.32. The van der Waals surface area contributed by atoms with E-state index in [1.807, 2.05) is 18.2 Å². The van der Waals surface area contributed by atoms with Gasteiger partial charge in [0.1, 0.15) is 11.4 Å². The number of benzene rings is 1. The van der Waals surface area contributed by atoms with Crippen LogP contribution in [0, 0.1) is 5.92 Å². The number of H-pyrrole nitrogens is 1. The monoisotopic (exact) mass is 414 g/mol. The standard InChI is InChI=1S/C24H26N6O/c31-23(21-12-20(27-28-21)19-8-4-5-9-25-19)26-22-17-13-29-10-11-30(14-17)16-24(22,15-29)18-6-2-1-3-7-18/h1-9,12,17,22H,10-11,13-16H2,(H,26,31)(H,27,28)/t17?,22-,24?/m0/s1. The summed E-state index contributed by atoms with van der Waals surface area (Å²) >= 11 is 0. The van der Waals surface area contributed by atoms with Crippen molar-refractivity contribution in [2.45, 2.75) is 11.5 Å². The van der Waals surface area contributed by atoms with Gasteiger partial charge in [-0.15, -0.1) is 0 Å². The van der Waals surface area contributed by atoms with Crippen molar-refractivity contribution in [3.8, 4) is 11.4 Å². The molecule has 1 aromatic carbocycles. The van der Waals surface area contributed by atoms with E-state index in [0.29, 0.717) is 17.3 Å². The van der Waals surface area contributed by atoms with Gasteiger partial charge in [-0.1, -0.05) is 36.4 Å². The van der Waals surface area contributed by atoms with E-state index in [0.717, 1.165) is 45.0 Å². The summed E-state index contributed by atoms with van der Waals surface area (Å²) in [5, 5.41) is 10.7. The Labute approximate surface area is 181 Å². The van der Waals surface area contributed by atoms with Crippen LogP contribution < -0.4 is 5.32 Å². The molecule has 4 fully saturated rings. The summed E-state index contributed by atoms with van der Waals surface area (Å²) in [6, 6.07) is 18.3. The molecule has 6 heterocycles. The lowest BCUT2D eigenvalue weighted by Gasteiger charge is -2.55. The van der Waals surface area contributed by atoms with Crippen molar-refractivity contribution in [3.05, 3.63) is 72.1 Å². The van der Waals surface area contributed by atoms with Crippen LogP contribution in [0.2, 0.25) is 0 Å².